The van der Waals surface area contributed by atoms with Gasteiger partial charge < -0.3 is 10.7 Å². The Morgan fingerprint density at radius 1 is 1.25 bits per heavy atom. The number of hydrogen-bond donors (Lipinski definition) is 3. The van der Waals surface area contributed by atoms with Crippen molar-refractivity contribution in [2.75, 3.05) is 10.7 Å². The molecule has 0 aliphatic carbocycles. The zero-order chi connectivity index (χ0) is 13.5. The Labute approximate surface area is 124 Å². The van der Waals surface area contributed by atoms with Crippen molar-refractivity contribution < 1.29 is 0 Å². The molecule has 0 fully saturated rings. The number of hydrogen-bond acceptors (Lipinski definition) is 6. The standard InChI is InChI=1S/C13H10ClN5S/c14-13-17-10-3-4-20-11(10)12(18-13)16-8-1-2-9-7(5-8)6-15-19-9/h1-5,15,19H,6H2,(H,16,17,18). The quantitative estimate of drug-likeness (QED) is 0.632. The van der Waals surface area contributed by atoms with Gasteiger partial charge in [-0.25, -0.2) is 10.4 Å². The van der Waals surface area contributed by atoms with Gasteiger partial charge in [-0.15, -0.1) is 11.3 Å². The van der Waals surface area contributed by atoms with Crippen molar-refractivity contribution >= 4 is 50.3 Å². The van der Waals surface area contributed by atoms with Gasteiger partial charge in [0.05, 0.1) is 15.9 Å². The molecule has 0 unspecified atom stereocenters. The first-order valence-electron chi connectivity index (χ1n) is 6.09. The summed E-state index contributed by atoms with van der Waals surface area (Å²) >= 11 is 7.56. The highest BCUT2D eigenvalue weighted by atomic mass is 35.5. The Hall–Kier alpha value is -1.89. The van der Waals surface area contributed by atoms with Crippen molar-refractivity contribution in [3.63, 3.8) is 0 Å². The maximum absolute atomic E-state index is 5.96. The minimum absolute atomic E-state index is 0.253. The highest BCUT2D eigenvalue weighted by molar-refractivity contribution is 7.17. The maximum Gasteiger partial charge on any atom is 0.224 e. The van der Waals surface area contributed by atoms with E-state index in [4.69, 9.17) is 11.6 Å². The summed E-state index contributed by atoms with van der Waals surface area (Å²) < 4.78 is 1.01. The van der Waals surface area contributed by atoms with Crippen molar-refractivity contribution in [1.82, 2.24) is 15.4 Å². The molecule has 0 radical (unpaired) electrons. The van der Waals surface area contributed by atoms with Gasteiger partial charge in [0.25, 0.3) is 0 Å². The number of anilines is 3. The molecule has 2 aromatic heterocycles. The Morgan fingerprint density at radius 2 is 2.20 bits per heavy atom. The molecule has 100 valence electrons. The smallest absolute Gasteiger partial charge is 0.224 e. The Bertz CT molecular complexity index is 801. The van der Waals surface area contributed by atoms with Gasteiger partial charge in [-0.3, -0.25) is 0 Å². The molecule has 1 aliphatic heterocycles. The summed E-state index contributed by atoms with van der Waals surface area (Å²) in [4.78, 5) is 8.49. The Kier molecular flexibility index (Phi) is 2.73. The molecule has 0 atom stereocenters. The predicted molar refractivity (Wildman–Crippen MR) is 82.6 cm³/mol. The summed E-state index contributed by atoms with van der Waals surface area (Å²) in [5.74, 6) is 0.744. The normalized spacial score (nSPS) is 13.2. The fourth-order valence-corrected chi connectivity index (χ4v) is 3.18. The zero-order valence-corrected chi connectivity index (χ0v) is 11.8. The summed E-state index contributed by atoms with van der Waals surface area (Å²) in [5, 5.41) is 5.56. The van der Waals surface area contributed by atoms with Crippen LogP contribution in [0.25, 0.3) is 10.2 Å². The van der Waals surface area contributed by atoms with E-state index in [0.29, 0.717) is 0 Å². The highest BCUT2D eigenvalue weighted by Crippen LogP contribution is 2.31. The van der Waals surface area contributed by atoms with Crippen molar-refractivity contribution in [3.8, 4) is 0 Å². The van der Waals surface area contributed by atoms with E-state index in [1.54, 1.807) is 11.3 Å². The zero-order valence-electron chi connectivity index (χ0n) is 10.3. The Morgan fingerprint density at radius 3 is 3.15 bits per heavy atom. The van der Waals surface area contributed by atoms with E-state index < -0.39 is 0 Å². The third-order valence-electron chi connectivity index (χ3n) is 3.15. The molecule has 0 amide bonds. The third-order valence-corrected chi connectivity index (χ3v) is 4.23. The summed E-state index contributed by atoms with van der Waals surface area (Å²) in [6.45, 7) is 0.809. The lowest BCUT2D eigenvalue weighted by molar-refractivity contribution is 0.860. The third kappa shape index (κ3) is 1.98. The van der Waals surface area contributed by atoms with Crippen LogP contribution < -0.4 is 16.2 Å². The van der Waals surface area contributed by atoms with Crippen LogP contribution in [0.2, 0.25) is 5.28 Å². The van der Waals surface area contributed by atoms with E-state index in [2.05, 4.69) is 32.2 Å². The lowest BCUT2D eigenvalue weighted by Crippen LogP contribution is -2.10. The van der Waals surface area contributed by atoms with Crippen molar-refractivity contribution in [1.29, 1.82) is 0 Å². The summed E-state index contributed by atoms with van der Waals surface area (Å²) in [7, 11) is 0. The first-order chi connectivity index (χ1) is 9.79. The van der Waals surface area contributed by atoms with Crippen LogP contribution in [-0.2, 0) is 6.54 Å². The number of halogens is 1. The molecular formula is C13H10ClN5S. The van der Waals surface area contributed by atoms with Crippen LogP contribution in [-0.4, -0.2) is 9.97 Å². The molecule has 1 aliphatic rings. The van der Waals surface area contributed by atoms with E-state index in [9.17, 15) is 0 Å². The van der Waals surface area contributed by atoms with E-state index in [1.165, 1.54) is 5.56 Å². The summed E-state index contributed by atoms with van der Waals surface area (Å²) in [6, 6.07) is 8.08. The largest absolute Gasteiger partial charge is 0.339 e. The van der Waals surface area contributed by atoms with Crippen molar-refractivity contribution in [2.24, 2.45) is 0 Å². The second-order valence-corrected chi connectivity index (χ2v) is 5.71. The average Bonchev–Trinajstić information content (AvgIpc) is 3.05. The topological polar surface area (TPSA) is 61.9 Å². The molecule has 0 saturated heterocycles. The fourth-order valence-electron chi connectivity index (χ4n) is 2.23. The molecule has 5 nitrogen and oxygen atoms in total. The molecule has 0 bridgehead atoms. The number of thiophene rings is 1. The van der Waals surface area contributed by atoms with Gasteiger partial charge in [0.2, 0.25) is 5.28 Å². The van der Waals surface area contributed by atoms with E-state index >= 15 is 0 Å². The van der Waals surface area contributed by atoms with E-state index in [1.807, 2.05) is 23.6 Å². The monoisotopic (exact) mass is 303 g/mol. The van der Waals surface area contributed by atoms with Gasteiger partial charge in [0.15, 0.2) is 5.82 Å². The molecule has 4 rings (SSSR count). The van der Waals surface area contributed by atoms with Crippen molar-refractivity contribution in [3.05, 3.63) is 40.5 Å². The molecule has 3 aromatic rings. The first kappa shape index (κ1) is 11.9. The van der Waals surface area contributed by atoms with Crippen LogP contribution in [0.3, 0.4) is 0 Å². The van der Waals surface area contributed by atoms with Crippen LogP contribution in [0.5, 0.6) is 0 Å². The molecule has 20 heavy (non-hydrogen) atoms. The fraction of sp³-hybridized carbons (Fsp3) is 0.0769. The number of aromatic nitrogens is 2. The molecule has 0 saturated carbocycles. The number of rotatable bonds is 2. The van der Waals surface area contributed by atoms with Gasteiger partial charge in [-0.05, 0) is 46.8 Å². The number of fused-ring (bicyclic) bond motifs is 2. The number of nitrogens with zero attached hydrogens (tertiary/aromatic N) is 2. The lowest BCUT2D eigenvalue weighted by atomic mass is 10.2. The number of nitrogens with one attached hydrogen (secondary N) is 3. The van der Waals surface area contributed by atoms with Crippen LogP contribution in [0, 0.1) is 0 Å². The lowest BCUT2D eigenvalue weighted by Gasteiger charge is -2.08. The molecule has 3 N–H and O–H groups in total. The molecular weight excluding hydrogens is 294 g/mol. The number of hydrazine groups is 1. The SMILES string of the molecule is Clc1nc(Nc2ccc3c(c2)CNN3)c2sccc2n1. The number of benzene rings is 1. The van der Waals surface area contributed by atoms with Gasteiger partial charge in [0.1, 0.15) is 0 Å². The second kappa shape index (κ2) is 4.59. The maximum atomic E-state index is 5.96. The first-order valence-corrected chi connectivity index (χ1v) is 7.35. The molecule has 0 spiro atoms. The van der Waals surface area contributed by atoms with E-state index in [0.717, 1.165) is 34.0 Å². The highest BCUT2D eigenvalue weighted by Gasteiger charge is 2.12. The van der Waals surface area contributed by atoms with Gasteiger partial charge >= 0.3 is 0 Å². The van der Waals surface area contributed by atoms with Crippen LogP contribution in [0.4, 0.5) is 17.2 Å². The van der Waals surface area contributed by atoms with Gasteiger partial charge in [0, 0.05) is 12.2 Å². The minimum Gasteiger partial charge on any atom is -0.339 e. The Balaban J connectivity index is 1.75. The van der Waals surface area contributed by atoms with Gasteiger partial charge in [-0.1, -0.05) is 0 Å². The van der Waals surface area contributed by atoms with Crippen LogP contribution in [0.1, 0.15) is 5.56 Å². The van der Waals surface area contributed by atoms with Crippen LogP contribution in [0.15, 0.2) is 29.6 Å². The van der Waals surface area contributed by atoms with Crippen LogP contribution >= 0.6 is 22.9 Å². The van der Waals surface area contributed by atoms with Gasteiger partial charge in [-0.2, -0.15) is 4.98 Å². The average molecular weight is 304 g/mol. The minimum atomic E-state index is 0.253. The molecule has 7 heteroatoms. The summed E-state index contributed by atoms with van der Waals surface area (Å²) in [5.41, 5.74) is 10.4. The molecule has 3 heterocycles. The molecule has 1 aromatic carbocycles. The predicted octanol–water partition coefficient (Wildman–Crippen LogP) is 3.52. The second-order valence-electron chi connectivity index (χ2n) is 4.45. The van der Waals surface area contributed by atoms with Crippen molar-refractivity contribution in [2.45, 2.75) is 6.54 Å². The van der Waals surface area contributed by atoms with E-state index in [-0.39, 0.29) is 5.28 Å². The summed E-state index contributed by atoms with van der Waals surface area (Å²) in [6.07, 6.45) is 0.